The van der Waals surface area contributed by atoms with Gasteiger partial charge in [-0.3, -0.25) is 19.7 Å². The molecule has 1 heterocycles. The maximum absolute atomic E-state index is 12.1. The lowest BCUT2D eigenvalue weighted by atomic mass is 10.1. The van der Waals surface area contributed by atoms with Crippen LogP contribution in [0.15, 0.2) is 0 Å². The zero-order valence-corrected chi connectivity index (χ0v) is 11.1. The maximum atomic E-state index is 12.1. The van der Waals surface area contributed by atoms with Gasteiger partial charge >= 0.3 is 12.0 Å². The molecule has 3 unspecified atom stereocenters. The molecule has 3 atom stereocenters. The number of aliphatic carboxylic acids is 1. The number of hydrogen-bond donors (Lipinski definition) is 3. The fourth-order valence-electron chi connectivity index (χ4n) is 2.56. The highest BCUT2D eigenvalue weighted by Gasteiger charge is 2.36. The summed E-state index contributed by atoms with van der Waals surface area (Å²) in [6, 6.07) is -1.45. The van der Waals surface area contributed by atoms with Crippen LogP contribution in [0.25, 0.3) is 0 Å². The van der Waals surface area contributed by atoms with Crippen LogP contribution >= 0.6 is 0 Å². The third-order valence-electron chi connectivity index (χ3n) is 3.79. The Morgan fingerprint density at radius 2 is 2.05 bits per heavy atom. The molecule has 2 aliphatic rings. The van der Waals surface area contributed by atoms with Crippen molar-refractivity contribution in [1.29, 1.82) is 0 Å². The second-order valence-corrected chi connectivity index (χ2v) is 5.21. The number of carbonyl (C=O) groups excluding carboxylic acids is 3. The van der Waals surface area contributed by atoms with Gasteiger partial charge in [-0.25, -0.2) is 4.79 Å². The second-order valence-electron chi connectivity index (χ2n) is 5.21. The molecule has 0 radical (unpaired) electrons. The molecule has 0 bridgehead atoms. The third kappa shape index (κ3) is 2.89. The molecule has 1 saturated carbocycles. The molecule has 2 rings (SSSR count). The topological polar surface area (TPSA) is 116 Å². The van der Waals surface area contributed by atoms with Gasteiger partial charge in [0.2, 0.25) is 11.8 Å². The van der Waals surface area contributed by atoms with Crippen molar-refractivity contribution in [1.82, 2.24) is 15.5 Å². The third-order valence-corrected chi connectivity index (χ3v) is 3.79. The van der Waals surface area contributed by atoms with Crippen LogP contribution in [-0.2, 0) is 14.4 Å². The number of nitrogens with zero attached hydrogens (tertiary/aromatic N) is 1. The SMILES string of the molecule is CC1C(=O)NC(=O)CN1C(=O)NC1CCC(C(=O)O)C1. The van der Waals surface area contributed by atoms with E-state index in [0.717, 1.165) is 4.90 Å². The molecule has 110 valence electrons. The number of carboxylic acid groups (broad SMARTS) is 1. The monoisotopic (exact) mass is 283 g/mol. The van der Waals surface area contributed by atoms with Crippen molar-refractivity contribution in [2.24, 2.45) is 5.92 Å². The largest absolute Gasteiger partial charge is 0.481 e. The molecule has 1 aliphatic heterocycles. The lowest BCUT2D eigenvalue weighted by Crippen LogP contribution is -2.61. The van der Waals surface area contributed by atoms with E-state index in [-0.39, 0.29) is 12.6 Å². The first-order valence-electron chi connectivity index (χ1n) is 6.52. The van der Waals surface area contributed by atoms with Crippen molar-refractivity contribution in [3.05, 3.63) is 0 Å². The fourth-order valence-corrected chi connectivity index (χ4v) is 2.56. The van der Waals surface area contributed by atoms with Crippen molar-refractivity contribution in [2.75, 3.05) is 6.54 Å². The van der Waals surface area contributed by atoms with Gasteiger partial charge in [0.25, 0.3) is 0 Å². The van der Waals surface area contributed by atoms with Gasteiger partial charge in [0.1, 0.15) is 12.6 Å². The van der Waals surface area contributed by atoms with E-state index in [1.165, 1.54) is 6.92 Å². The molecule has 20 heavy (non-hydrogen) atoms. The van der Waals surface area contributed by atoms with Crippen LogP contribution in [0, 0.1) is 5.92 Å². The summed E-state index contributed by atoms with van der Waals surface area (Å²) in [5.41, 5.74) is 0. The van der Waals surface area contributed by atoms with Gasteiger partial charge in [-0.15, -0.1) is 0 Å². The summed E-state index contributed by atoms with van der Waals surface area (Å²) in [7, 11) is 0. The van der Waals surface area contributed by atoms with Gasteiger partial charge in [0, 0.05) is 6.04 Å². The molecule has 4 amide bonds. The summed E-state index contributed by atoms with van der Waals surface area (Å²) < 4.78 is 0. The Balaban J connectivity index is 1.93. The zero-order chi connectivity index (χ0) is 14.9. The lowest BCUT2D eigenvalue weighted by molar-refractivity contribution is -0.141. The summed E-state index contributed by atoms with van der Waals surface area (Å²) in [5, 5.41) is 13.8. The number of nitrogens with one attached hydrogen (secondary N) is 2. The molecule has 0 spiro atoms. The molecule has 8 nitrogen and oxygen atoms in total. The predicted octanol–water partition coefficient (Wildman–Crippen LogP) is -0.704. The fraction of sp³-hybridized carbons (Fsp3) is 0.667. The smallest absolute Gasteiger partial charge is 0.318 e. The van der Waals surface area contributed by atoms with E-state index in [0.29, 0.717) is 19.3 Å². The number of carbonyl (C=O) groups is 4. The molecular formula is C12H17N3O5. The normalized spacial score (nSPS) is 30.1. The summed E-state index contributed by atoms with van der Waals surface area (Å²) in [5.74, 6) is -2.32. The van der Waals surface area contributed by atoms with E-state index < -0.39 is 35.8 Å². The molecule has 1 saturated heterocycles. The Labute approximate surface area is 115 Å². The van der Waals surface area contributed by atoms with Crippen LogP contribution in [0.4, 0.5) is 4.79 Å². The van der Waals surface area contributed by atoms with Crippen LogP contribution in [0.5, 0.6) is 0 Å². The number of amides is 4. The van der Waals surface area contributed by atoms with E-state index in [1.807, 2.05) is 0 Å². The van der Waals surface area contributed by atoms with Crippen molar-refractivity contribution in [2.45, 2.75) is 38.3 Å². The van der Waals surface area contributed by atoms with Gasteiger partial charge in [-0.1, -0.05) is 0 Å². The lowest BCUT2D eigenvalue weighted by Gasteiger charge is -2.32. The van der Waals surface area contributed by atoms with Gasteiger partial charge in [0.05, 0.1) is 5.92 Å². The Bertz CT molecular complexity index is 464. The average molecular weight is 283 g/mol. The highest BCUT2D eigenvalue weighted by atomic mass is 16.4. The molecule has 0 aromatic heterocycles. The van der Waals surface area contributed by atoms with Crippen LogP contribution in [-0.4, -0.2) is 52.4 Å². The Kier molecular flexibility index (Phi) is 3.91. The number of piperazine rings is 1. The highest BCUT2D eigenvalue weighted by Crippen LogP contribution is 2.25. The Morgan fingerprint density at radius 3 is 2.65 bits per heavy atom. The molecular weight excluding hydrogens is 266 g/mol. The average Bonchev–Trinajstić information content (AvgIpc) is 2.82. The minimum absolute atomic E-state index is 0.173. The van der Waals surface area contributed by atoms with Crippen molar-refractivity contribution in [3.63, 3.8) is 0 Å². The number of hydrogen-bond acceptors (Lipinski definition) is 4. The number of urea groups is 1. The zero-order valence-electron chi connectivity index (χ0n) is 11.1. The molecule has 1 aliphatic carbocycles. The second kappa shape index (κ2) is 5.48. The predicted molar refractivity (Wildman–Crippen MR) is 66.6 cm³/mol. The van der Waals surface area contributed by atoms with Crippen LogP contribution in [0.2, 0.25) is 0 Å². The summed E-state index contributed by atoms with van der Waals surface area (Å²) in [4.78, 5) is 46.8. The van der Waals surface area contributed by atoms with Gasteiger partial charge in [-0.05, 0) is 26.2 Å². The van der Waals surface area contributed by atoms with E-state index in [2.05, 4.69) is 10.6 Å². The van der Waals surface area contributed by atoms with E-state index in [9.17, 15) is 19.2 Å². The Hall–Kier alpha value is -2.12. The standard InChI is InChI=1S/C12H17N3O5/c1-6-10(17)14-9(16)5-15(6)12(20)13-8-3-2-7(4-8)11(18)19/h6-8H,2-5H2,1H3,(H,13,20)(H,18,19)(H,14,16,17). The Morgan fingerprint density at radius 1 is 1.35 bits per heavy atom. The summed E-state index contributed by atoms with van der Waals surface area (Å²) in [6.07, 6.45) is 1.49. The summed E-state index contributed by atoms with van der Waals surface area (Å²) in [6.45, 7) is 1.36. The highest BCUT2D eigenvalue weighted by molar-refractivity contribution is 6.03. The summed E-state index contributed by atoms with van der Waals surface area (Å²) >= 11 is 0. The quantitative estimate of drug-likeness (QED) is 0.579. The first-order chi connectivity index (χ1) is 9.38. The molecule has 2 fully saturated rings. The van der Waals surface area contributed by atoms with Crippen molar-refractivity contribution < 1.29 is 24.3 Å². The van der Waals surface area contributed by atoms with Crippen LogP contribution < -0.4 is 10.6 Å². The van der Waals surface area contributed by atoms with Crippen molar-refractivity contribution >= 4 is 23.8 Å². The minimum Gasteiger partial charge on any atom is -0.481 e. The number of rotatable bonds is 2. The van der Waals surface area contributed by atoms with Gasteiger partial charge in [-0.2, -0.15) is 0 Å². The van der Waals surface area contributed by atoms with Crippen LogP contribution in [0.3, 0.4) is 0 Å². The van der Waals surface area contributed by atoms with E-state index in [4.69, 9.17) is 5.11 Å². The minimum atomic E-state index is -0.859. The number of carboxylic acids is 1. The molecule has 0 aromatic carbocycles. The van der Waals surface area contributed by atoms with Gasteiger partial charge in [0.15, 0.2) is 0 Å². The van der Waals surface area contributed by atoms with Gasteiger partial charge < -0.3 is 15.3 Å². The van der Waals surface area contributed by atoms with Crippen LogP contribution in [0.1, 0.15) is 26.2 Å². The van der Waals surface area contributed by atoms with E-state index in [1.54, 1.807) is 0 Å². The van der Waals surface area contributed by atoms with Crippen molar-refractivity contribution in [3.8, 4) is 0 Å². The molecule has 3 N–H and O–H groups in total. The van der Waals surface area contributed by atoms with E-state index >= 15 is 0 Å². The first kappa shape index (κ1) is 14.3. The first-order valence-corrected chi connectivity index (χ1v) is 6.52. The maximum Gasteiger partial charge on any atom is 0.318 e. The molecule has 0 aromatic rings. The number of imide groups is 1. The molecule has 8 heteroatoms.